The summed E-state index contributed by atoms with van der Waals surface area (Å²) in [5.41, 5.74) is 2.85. The molecule has 0 aliphatic heterocycles. The van der Waals surface area contributed by atoms with Gasteiger partial charge in [-0.1, -0.05) is 30.7 Å². The minimum atomic E-state index is -0.0994. The number of fused-ring (bicyclic) bond motifs is 1. The summed E-state index contributed by atoms with van der Waals surface area (Å²) in [5, 5.41) is 13.9. The molecule has 0 spiro atoms. The Morgan fingerprint density at radius 1 is 1.50 bits per heavy atom. The summed E-state index contributed by atoms with van der Waals surface area (Å²) in [6.07, 6.45) is 3.04. The summed E-state index contributed by atoms with van der Waals surface area (Å²) in [6, 6.07) is 9.92. The average molecular weight is 388 g/mol. The third kappa shape index (κ3) is 4.45. The van der Waals surface area contributed by atoms with Crippen molar-refractivity contribution in [2.24, 2.45) is 5.92 Å². The standard InChI is InChI=1S/C20H22ClN3OS/c1-13-6-7-16-17(10-22)20(26-18(16)8-13)23-19(25)12-24(2)11-14-4-3-5-15(21)9-14/h3-5,9,13H,6-8,11-12H2,1-2H3,(H,23,25)/t13-/m1/s1. The molecule has 4 nitrogen and oxygen atoms in total. The van der Waals surface area contributed by atoms with E-state index < -0.39 is 0 Å². The molecule has 1 aliphatic rings. The highest BCUT2D eigenvalue weighted by atomic mass is 35.5. The van der Waals surface area contributed by atoms with Gasteiger partial charge in [0, 0.05) is 16.4 Å². The highest BCUT2D eigenvalue weighted by Crippen LogP contribution is 2.39. The Hall–Kier alpha value is -1.87. The number of benzene rings is 1. The first-order chi connectivity index (χ1) is 12.5. The molecule has 2 aromatic rings. The van der Waals surface area contributed by atoms with Gasteiger partial charge in [-0.2, -0.15) is 5.26 Å². The van der Waals surface area contributed by atoms with Crippen LogP contribution >= 0.6 is 22.9 Å². The molecule has 1 aromatic carbocycles. The summed E-state index contributed by atoms with van der Waals surface area (Å²) in [6.45, 7) is 3.13. The lowest BCUT2D eigenvalue weighted by molar-refractivity contribution is -0.117. The van der Waals surface area contributed by atoms with Crippen LogP contribution in [0.15, 0.2) is 24.3 Å². The quantitative estimate of drug-likeness (QED) is 0.823. The second kappa shape index (κ2) is 8.22. The van der Waals surface area contributed by atoms with Crippen molar-refractivity contribution in [3.05, 3.63) is 50.9 Å². The zero-order valence-corrected chi connectivity index (χ0v) is 16.6. The lowest BCUT2D eigenvalue weighted by Crippen LogP contribution is -2.29. The van der Waals surface area contributed by atoms with Gasteiger partial charge in [0.15, 0.2) is 0 Å². The van der Waals surface area contributed by atoms with E-state index in [4.69, 9.17) is 11.6 Å². The fraction of sp³-hybridized carbons (Fsp3) is 0.400. The summed E-state index contributed by atoms with van der Waals surface area (Å²) in [7, 11) is 1.90. The van der Waals surface area contributed by atoms with E-state index in [2.05, 4.69) is 18.3 Å². The lowest BCUT2D eigenvalue weighted by atomic mass is 9.89. The van der Waals surface area contributed by atoms with E-state index in [9.17, 15) is 10.1 Å². The number of nitrogens with zero attached hydrogens (tertiary/aromatic N) is 2. The summed E-state index contributed by atoms with van der Waals surface area (Å²) in [4.78, 5) is 15.6. The maximum Gasteiger partial charge on any atom is 0.239 e. The van der Waals surface area contributed by atoms with Crippen LogP contribution in [0, 0.1) is 17.2 Å². The fourth-order valence-corrected chi connectivity index (χ4v) is 4.96. The summed E-state index contributed by atoms with van der Waals surface area (Å²) in [5.74, 6) is 0.540. The van der Waals surface area contributed by atoms with Crippen molar-refractivity contribution >= 4 is 33.8 Å². The Morgan fingerprint density at radius 3 is 3.04 bits per heavy atom. The Morgan fingerprint density at radius 2 is 2.31 bits per heavy atom. The van der Waals surface area contributed by atoms with Gasteiger partial charge < -0.3 is 5.32 Å². The molecular formula is C20H22ClN3OS. The Bertz CT molecular complexity index is 855. The van der Waals surface area contributed by atoms with E-state index in [-0.39, 0.29) is 12.5 Å². The van der Waals surface area contributed by atoms with Crippen LogP contribution in [0.3, 0.4) is 0 Å². The first-order valence-electron chi connectivity index (χ1n) is 8.73. The fourth-order valence-electron chi connectivity index (χ4n) is 3.37. The maximum absolute atomic E-state index is 12.4. The summed E-state index contributed by atoms with van der Waals surface area (Å²) < 4.78 is 0. The molecule has 6 heteroatoms. The molecule has 0 radical (unpaired) electrons. The first kappa shape index (κ1) is 18.9. The number of amides is 1. The van der Waals surface area contributed by atoms with Crippen LogP contribution in [0.25, 0.3) is 0 Å². The van der Waals surface area contributed by atoms with Crippen LogP contribution in [0.2, 0.25) is 5.02 Å². The van der Waals surface area contributed by atoms with Crippen LogP contribution in [0.1, 0.15) is 34.9 Å². The number of rotatable bonds is 5. The number of carbonyl (C=O) groups excluding carboxylic acids is 1. The predicted molar refractivity (Wildman–Crippen MR) is 107 cm³/mol. The average Bonchev–Trinajstić information content (AvgIpc) is 2.90. The van der Waals surface area contributed by atoms with Crippen LogP contribution in [0.5, 0.6) is 0 Å². The van der Waals surface area contributed by atoms with Crippen LogP contribution in [-0.2, 0) is 24.2 Å². The number of hydrogen-bond acceptors (Lipinski definition) is 4. The third-order valence-corrected chi connectivity index (χ3v) is 6.04. The second-order valence-electron chi connectivity index (χ2n) is 7.02. The normalized spacial score (nSPS) is 16.2. The van der Waals surface area contributed by atoms with Crippen molar-refractivity contribution in [2.45, 2.75) is 32.7 Å². The molecule has 1 heterocycles. The molecule has 1 amide bonds. The van der Waals surface area contributed by atoms with Crippen molar-refractivity contribution in [3.8, 4) is 6.07 Å². The smallest absolute Gasteiger partial charge is 0.239 e. The highest BCUT2D eigenvalue weighted by Gasteiger charge is 2.24. The van der Waals surface area contributed by atoms with Gasteiger partial charge in [0.05, 0.1) is 12.1 Å². The van der Waals surface area contributed by atoms with Crippen LogP contribution < -0.4 is 5.32 Å². The van der Waals surface area contributed by atoms with Crippen molar-refractivity contribution in [3.63, 3.8) is 0 Å². The predicted octanol–water partition coefficient (Wildman–Crippen LogP) is 4.47. The molecule has 1 aromatic heterocycles. The Balaban J connectivity index is 1.64. The van der Waals surface area contributed by atoms with Gasteiger partial charge >= 0.3 is 0 Å². The zero-order chi connectivity index (χ0) is 18.7. The zero-order valence-electron chi connectivity index (χ0n) is 15.0. The molecule has 1 N–H and O–H groups in total. The van der Waals surface area contributed by atoms with Crippen molar-refractivity contribution in [2.75, 3.05) is 18.9 Å². The van der Waals surface area contributed by atoms with Gasteiger partial charge in [0.2, 0.25) is 5.91 Å². The van der Waals surface area contributed by atoms with E-state index in [1.165, 1.54) is 4.88 Å². The number of thiophene rings is 1. The number of hydrogen-bond donors (Lipinski definition) is 1. The van der Waals surface area contributed by atoms with E-state index in [1.807, 2.05) is 36.2 Å². The van der Waals surface area contributed by atoms with Crippen LogP contribution in [0.4, 0.5) is 5.00 Å². The molecule has 1 aliphatic carbocycles. The number of likely N-dealkylation sites (N-methyl/N-ethyl adjacent to an activating group) is 1. The van der Waals surface area contributed by atoms with Crippen molar-refractivity contribution in [1.82, 2.24) is 4.90 Å². The second-order valence-corrected chi connectivity index (χ2v) is 8.56. The van der Waals surface area contributed by atoms with Crippen molar-refractivity contribution < 1.29 is 4.79 Å². The number of nitrogens with one attached hydrogen (secondary N) is 1. The molecular weight excluding hydrogens is 366 g/mol. The molecule has 3 rings (SSSR count). The molecule has 0 saturated carbocycles. The molecule has 136 valence electrons. The largest absolute Gasteiger partial charge is 0.315 e. The topological polar surface area (TPSA) is 56.1 Å². The first-order valence-corrected chi connectivity index (χ1v) is 9.93. The molecule has 1 atom stereocenters. The van der Waals surface area contributed by atoms with Crippen molar-refractivity contribution in [1.29, 1.82) is 5.26 Å². The SMILES string of the molecule is C[C@@H]1CCc2c(sc(NC(=O)CN(C)Cc3cccc(Cl)c3)c2C#N)C1. The third-order valence-electron chi connectivity index (χ3n) is 4.63. The summed E-state index contributed by atoms with van der Waals surface area (Å²) >= 11 is 7.57. The van der Waals surface area contributed by atoms with E-state index in [0.29, 0.717) is 28.0 Å². The van der Waals surface area contributed by atoms with Gasteiger partial charge in [-0.15, -0.1) is 11.3 Å². The van der Waals surface area contributed by atoms with Gasteiger partial charge in [-0.25, -0.2) is 0 Å². The Kier molecular flexibility index (Phi) is 5.98. The number of anilines is 1. The Labute approximate surface area is 163 Å². The van der Waals surface area contributed by atoms with E-state index in [0.717, 1.165) is 30.4 Å². The maximum atomic E-state index is 12.4. The highest BCUT2D eigenvalue weighted by molar-refractivity contribution is 7.16. The molecule has 0 saturated heterocycles. The molecule has 26 heavy (non-hydrogen) atoms. The van der Waals surface area contributed by atoms with Gasteiger partial charge in [0.1, 0.15) is 11.1 Å². The van der Waals surface area contributed by atoms with Gasteiger partial charge in [0.25, 0.3) is 0 Å². The van der Waals surface area contributed by atoms with E-state index >= 15 is 0 Å². The van der Waals surface area contributed by atoms with E-state index in [1.54, 1.807) is 11.3 Å². The molecule has 0 unspecified atom stereocenters. The minimum absolute atomic E-state index is 0.0994. The molecule has 0 bridgehead atoms. The number of carbonyl (C=O) groups is 1. The monoisotopic (exact) mass is 387 g/mol. The van der Waals surface area contributed by atoms with Gasteiger partial charge in [-0.05, 0) is 55.5 Å². The molecule has 0 fully saturated rings. The number of halogens is 1. The lowest BCUT2D eigenvalue weighted by Gasteiger charge is -2.17. The number of nitriles is 1. The van der Waals surface area contributed by atoms with Crippen LogP contribution in [-0.4, -0.2) is 24.4 Å². The van der Waals surface area contributed by atoms with Gasteiger partial charge in [-0.3, -0.25) is 9.69 Å². The minimum Gasteiger partial charge on any atom is -0.315 e.